The molecule has 0 aromatic heterocycles. The van der Waals surface area contributed by atoms with E-state index < -0.39 is 17.8 Å². The van der Waals surface area contributed by atoms with E-state index in [1.54, 1.807) is 6.92 Å². The maximum absolute atomic E-state index is 12.1. The van der Waals surface area contributed by atoms with Crippen molar-refractivity contribution < 1.29 is 28.7 Å². The first-order chi connectivity index (χ1) is 11.0. The van der Waals surface area contributed by atoms with Crippen molar-refractivity contribution in [1.29, 1.82) is 0 Å². The van der Waals surface area contributed by atoms with Gasteiger partial charge in [-0.05, 0) is 25.1 Å². The number of nitrogens with zero attached hydrogens (tertiary/aromatic N) is 1. The number of fused-ring (bicyclic) bond motifs is 1. The summed E-state index contributed by atoms with van der Waals surface area (Å²) in [5, 5.41) is 0. The number of hydrogen-bond acceptors (Lipinski definition) is 6. The van der Waals surface area contributed by atoms with Crippen LogP contribution in [-0.4, -0.2) is 48.4 Å². The minimum Gasteiger partial charge on any atom is -0.459 e. The molecule has 1 heterocycles. The van der Waals surface area contributed by atoms with Gasteiger partial charge in [0.25, 0.3) is 11.8 Å². The second-order valence-electron chi connectivity index (χ2n) is 4.62. The van der Waals surface area contributed by atoms with Crippen LogP contribution in [0.25, 0.3) is 0 Å². The highest BCUT2D eigenvalue weighted by Crippen LogP contribution is 2.24. The fourth-order valence-electron chi connectivity index (χ4n) is 2.12. The molecule has 0 spiro atoms. The summed E-state index contributed by atoms with van der Waals surface area (Å²) in [4.78, 5) is 47.9. The smallest absolute Gasteiger partial charge is 0.338 e. The van der Waals surface area contributed by atoms with E-state index in [2.05, 4.69) is 11.3 Å². The molecule has 0 N–H and O–H groups in total. The van der Waals surface area contributed by atoms with E-state index in [9.17, 15) is 19.2 Å². The molecule has 1 aliphatic heterocycles. The van der Waals surface area contributed by atoms with Crippen LogP contribution in [0.1, 0.15) is 38.0 Å². The highest BCUT2D eigenvalue weighted by molar-refractivity contribution is 6.21. The first-order valence-electron chi connectivity index (χ1n) is 6.96. The minimum absolute atomic E-state index is 0.0947. The van der Waals surface area contributed by atoms with Gasteiger partial charge < -0.3 is 9.47 Å². The number of esters is 2. The van der Waals surface area contributed by atoms with E-state index in [0.717, 1.165) is 11.0 Å². The van der Waals surface area contributed by atoms with Crippen LogP contribution in [0.5, 0.6) is 0 Å². The number of ether oxygens (including phenoxy) is 2. The third-order valence-corrected chi connectivity index (χ3v) is 3.25. The Morgan fingerprint density at radius 3 is 2.43 bits per heavy atom. The predicted molar refractivity (Wildman–Crippen MR) is 78.9 cm³/mol. The van der Waals surface area contributed by atoms with Gasteiger partial charge >= 0.3 is 11.9 Å². The lowest BCUT2D eigenvalue weighted by Crippen LogP contribution is -2.29. The summed E-state index contributed by atoms with van der Waals surface area (Å²) in [6, 6.07) is 4.18. The van der Waals surface area contributed by atoms with E-state index in [1.807, 2.05) is 0 Å². The summed E-state index contributed by atoms with van der Waals surface area (Å²) in [5.74, 6) is -2.08. The van der Waals surface area contributed by atoms with Gasteiger partial charge in [0.1, 0.15) is 13.2 Å². The van der Waals surface area contributed by atoms with Crippen LogP contribution in [0.4, 0.5) is 0 Å². The Balaban J connectivity index is 2.03. The summed E-state index contributed by atoms with van der Waals surface area (Å²) in [6.07, 6.45) is 1.00. The summed E-state index contributed by atoms with van der Waals surface area (Å²) < 4.78 is 9.61. The average Bonchev–Trinajstić information content (AvgIpc) is 2.81. The molecule has 1 aromatic rings. The molecule has 0 unspecified atom stereocenters. The zero-order valence-electron chi connectivity index (χ0n) is 12.5. The topological polar surface area (TPSA) is 90.0 Å². The second-order valence-corrected chi connectivity index (χ2v) is 4.62. The van der Waals surface area contributed by atoms with E-state index in [-0.39, 0.29) is 42.4 Å². The Labute approximate surface area is 132 Å². The number of carbonyl (C=O) groups is 4. The van der Waals surface area contributed by atoms with Gasteiger partial charge in [0.15, 0.2) is 0 Å². The van der Waals surface area contributed by atoms with Crippen LogP contribution in [0.15, 0.2) is 30.9 Å². The molecule has 0 radical (unpaired) electrons. The van der Waals surface area contributed by atoms with Gasteiger partial charge in [-0.15, -0.1) is 0 Å². The monoisotopic (exact) mass is 317 g/mol. The molecule has 0 fully saturated rings. The Bertz CT molecular complexity index is 694. The van der Waals surface area contributed by atoms with Gasteiger partial charge in [0.2, 0.25) is 0 Å². The molecular weight excluding hydrogens is 302 g/mol. The van der Waals surface area contributed by atoms with Crippen LogP contribution < -0.4 is 0 Å². The molecule has 7 nitrogen and oxygen atoms in total. The van der Waals surface area contributed by atoms with Gasteiger partial charge in [-0.25, -0.2) is 9.59 Å². The molecule has 23 heavy (non-hydrogen) atoms. The molecule has 0 aliphatic carbocycles. The lowest BCUT2D eigenvalue weighted by Gasteiger charge is -2.08. The number of rotatable bonds is 6. The molecule has 120 valence electrons. The average molecular weight is 317 g/mol. The van der Waals surface area contributed by atoms with Crippen LogP contribution >= 0.6 is 0 Å². The fourth-order valence-corrected chi connectivity index (χ4v) is 2.12. The molecule has 2 rings (SSSR count). The number of hydrogen-bond donors (Lipinski definition) is 0. The van der Waals surface area contributed by atoms with Gasteiger partial charge in [0.05, 0.1) is 16.7 Å². The van der Waals surface area contributed by atoms with Crippen molar-refractivity contribution in [3.05, 3.63) is 47.5 Å². The summed E-state index contributed by atoms with van der Waals surface area (Å²) in [7, 11) is 0. The van der Waals surface area contributed by atoms with Crippen molar-refractivity contribution in [3.8, 4) is 0 Å². The van der Waals surface area contributed by atoms with Crippen molar-refractivity contribution >= 4 is 23.8 Å². The molecule has 0 bridgehead atoms. The molecule has 1 aliphatic rings. The van der Waals surface area contributed by atoms with Crippen molar-refractivity contribution in [2.24, 2.45) is 0 Å². The summed E-state index contributed by atoms with van der Waals surface area (Å²) in [5.41, 5.74) is 0.607. The van der Waals surface area contributed by atoms with Crippen molar-refractivity contribution in [2.75, 3.05) is 19.8 Å². The van der Waals surface area contributed by atoms with E-state index >= 15 is 0 Å². The van der Waals surface area contributed by atoms with E-state index in [0.29, 0.717) is 0 Å². The van der Waals surface area contributed by atoms with Crippen LogP contribution in [0.2, 0.25) is 0 Å². The lowest BCUT2D eigenvalue weighted by atomic mass is 10.1. The van der Waals surface area contributed by atoms with Crippen LogP contribution in [0, 0.1) is 0 Å². The third-order valence-electron chi connectivity index (χ3n) is 3.25. The van der Waals surface area contributed by atoms with Crippen LogP contribution in [-0.2, 0) is 14.3 Å². The van der Waals surface area contributed by atoms with Crippen molar-refractivity contribution in [2.45, 2.75) is 6.92 Å². The first-order valence-corrected chi connectivity index (χ1v) is 6.96. The second kappa shape index (κ2) is 6.87. The Kier molecular flexibility index (Phi) is 4.90. The number of carbonyl (C=O) groups excluding carboxylic acids is 4. The first kappa shape index (κ1) is 16.4. The normalized spacial score (nSPS) is 12.8. The Morgan fingerprint density at radius 2 is 1.78 bits per heavy atom. The largest absolute Gasteiger partial charge is 0.459 e. The predicted octanol–water partition coefficient (Wildman–Crippen LogP) is 1.19. The molecule has 0 atom stereocenters. The molecule has 2 amide bonds. The maximum Gasteiger partial charge on any atom is 0.338 e. The highest BCUT2D eigenvalue weighted by atomic mass is 16.6. The number of imide groups is 1. The maximum atomic E-state index is 12.1. The number of amides is 2. The van der Waals surface area contributed by atoms with Gasteiger partial charge in [-0.1, -0.05) is 6.58 Å². The summed E-state index contributed by atoms with van der Waals surface area (Å²) >= 11 is 0. The van der Waals surface area contributed by atoms with Crippen molar-refractivity contribution in [3.63, 3.8) is 0 Å². The van der Waals surface area contributed by atoms with E-state index in [4.69, 9.17) is 4.74 Å². The summed E-state index contributed by atoms with van der Waals surface area (Å²) in [6.45, 7) is 4.98. The van der Waals surface area contributed by atoms with Crippen LogP contribution in [0.3, 0.4) is 0 Å². The SMILES string of the molecule is C=CC(=O)OCCOC(=O)c1ccc2c(c1)C(=O)N(CC)C2=O. The number of benzene rings is 1. The molecular formula is C16H15NO6. The standard InChI is InChI=1S/C16H15NO6/c1-3-13(18)22-7-8-23-16(21)10-5-6-11-12(9-10)15(20)17(4-2)14(11)19/h3,5-6,9H,1,4,7-8H2,2H3. The van der Waals surface area contributed by atoms with E-state index in [1.165, 1.54) is 18.2 Å². The molecule has 0 saturated carbocycles. The lowest BCUT2D eigenvalue weighted by molar-refractivity contribution is -0.138. The Hall–Kier alpha value is -2.96. The van der Waals surface area contributed by atoms with Crippen molar-refractivity contribution in [1.82, 2.24) is 4.90 Å². The molecule has 7 heteroatoms. The minimum atomic E-state index is -0.669. The van der Waals surface area contributed by atoms with Gasteiger partial charge in [-0.3, -0.25) is 14.5 Å². The zero-order valence-corrected chi connectivity index (χ0v) is 12.5. The third kappa shape index (κ3) is 3.28. The molecule has 0 saturated heterocycles. The quantitative estimate of drug-likeness (QED) is 0.339. The Morgan fingerprint density at radius 1 is 1.13 bits per heavy atom. The van der Waals surface area contributed by atoms with Gasteiger partial charge in [-0.2, -0.15) is 0 Å². The fraction of sp³-hybridized carbons (Fsp3) is 0.250. The highest BCUT2D eigenvalue weighted by Gasteiger charge is 2.34. The zero-order chi connectivity index (χ0) is 17.0. The van der Waals surface area contributed by atoms with Gasteiger partial charge in [0, 0.05) is 12.6 Å². The molecule has 1 aromatic carbocycles.